The summed E-state index contributed by atoms with van der Waals surface area (Å²) in [7, 11) is 1.64. The van der Waals surface area contributed by atoms with E-state index in [9.17, 15) is 9.59 Å². The van der Waals surface area contributed by atoms with Crippen LogP contribution in [-0.4, -0.2) is 36.9 Å². The molecule has 1 saturated heterocycles. The summed E-state index contributed by atoms with van der Waals surface area (Å²) in [6.07, 6.45) is 2.42. The highest BCUT2D eigenvalue weighted by Crippen LogP contribution is 2.31. The van der Waals surface area contributed by atoms with Crippen LogP contribution in [0.2, 0.25) is 0 Å². The van der Waals surface area contributed by atoms with Gasteiger partial charge in [-0.2, -0.15) is 0 Å². The van der Waals surface area contributed by atoms with Crippen LogP contribution in [0.25, 0.3) is 0 Å². The molecule has 2 atom stereocenters. The van der Waals surface area contributed by atoms with Crippen LogP contribution >= 0.6 is 0 Å². The molecule has 5 nitrogen and oxygen atoms in total. The van der Waals surface area contributed by atoms with Crippen LogP contribution in [-0.2, 0) is 16.1 Å². The molecule has 1 fully saturated rings. The van der Waals surface area contributed by atoms with Gasteiger partial charge < -0.3 is 15.0 Å². The van der Waals surface area contributed by atoms with E-state index in [1.807, 2.05) is 49.9 Å². The Morgan fingerprint density at radius 2 is 1.85 bits per heavy atom. The molecule has 1 N–H and O–H groups in total. The average molecular weight is 375 g/mol. The fourth-order valence-electron chi connectivity index (χ4n) is 3.73. The monoisotopic (exact) mass is 374 g/mol. The summed E-state index contributed by atoms with van der Waals surface area (Å²) in [4.78, 5) is 27.0. The fourth-order valence-corrected chi connectivity index (χ4v) is 3.73. The lowest BCUT2D eigenvalue weighted by molar-refractivity contribution is -0.142. The molecule has 2 amide bonds. The van der Waals surface area contributed by atoms with E-state index in [2.05, 4.69) is 12.2 Å². The Balaban J connectivity index is 1.85. The molecule has 27 heavy (non-hydrogen) atoms. The number of rotatable bonds is 6. The number of hydrogen-bond donors (Lipinski definition) is 1. The van der Waals surface area contributed by atoms with Crippen LogP contribution in [0.4, 0.5) is 0 Å². The third-order valence-corrected chi connectivity index (χ3v) is 5.44. The number of nitrogens with one attached hydrogen (secondary N) is 1. The number of amides is 2. The zero-order valence-electron chi connectivity index (χ0n) is 17.4. The van der Waals surface area contributed by atoms with Gasteiger partial charge in [-0.1, -0.05) is 46.2 Å². The highest BCUT2D eigenvalue weighted by atomic mass is 16.5. The van der Waals surface area contributed by atoms with Gasteiger partial charge >= 0.3 is 0 Å². The molecule has 1 aliphatic rings. The Morgan fingerprint density at radius 1 is 1.19 bits per heavy atom. The van der Waals surface area contributed by atoms with Gasteiger partial charge in [-0.3, -0.25) is 9.59 Å². The summed E-state index contributed by atoms with van der Waals surface area (Å²) in [6.45, 7) is 10.1. The highest BCUT2D eigenvalue weighted by Gasteiger charge is 2.35. The van der Waals surface area contributed by atoms with E-state index in [1.54, 1.807) is 7.11 Å². The van der Waals surface area contributed by atoms with Crippen molar-refractivity contribution in [3.63, 3.8) is 0 Å². The zero-order chi connectivity index (χ0) is 20.0. The maximum Gasteiger partial charge on any atom is 0.227 e. The SMILES string of the molecule is CCC1CN(C(=O)C(C)(C)C)CCC1CC(=O)NCc1ccc(OC)cc1. The van der Waals surface area contributed by atoms with Crippen LogP contribution in [0, 0.1) is 17.3 Å². The zero-order valence-corrected chi connectivity index (χ0v) is 17.4. The standard InChI is InChI=1S/C22H34N2O3/c1-6-17-15-24(21(26)22(2,3)4)12-11-18(17)13-20(25)23-14-16-7-9-19(27-5)10-8-16/h7-10,17-18H,6,11-15H2,1-5H3,(H,23,25). The smallest absolute Gasteiger partial charge is 0.227 e. The Hall–Kier alpha value is -2.04. The van der Waals surface area contributed by atoms with Gasteiger partial charge in [-0.25, -0.2) is 0 Å². The van der Waals surface area contributed by atoms with Gasteiger partial charge in [-0.05, 0) is 36.0 Å². The average Bonchev–Trinajstić information content (AvgIpc) is 2.65. The molecule has 0 radical (unpaired) electrons. The molecular weight excluding hydrogens is 340 g/mol. The van der Waals surface area contributed by atoms with Gasteiger partial charge in [0.25, 0.3) is 0 Å². The Morgan fingerprint density at radius 3 is 2.41 bits per heavy atom. The molecule has 1 aliphatic heterocycles. The first-order chi connectivity index (χ1) is 12.7. The van der Waals surface area contributed by atoms with E-state index in [0.717, 1.165) is 37.2 Å². The normalized spacial score (nSPS) is 20.3. The number of ether oxygens (including phenoxy) is 1. The Kier molecular flexibility index (Phi) is 7.28. The summed E-state index contributed by atoms with van der Waals surface area (Å²) in [5, 5.41) is 3.03. The van der Waals surface area contributed by atoms with Crippen molar-refractivity contribution in [3.05, 3.63) is 29.8 Å². The summed E-state index contributed by atoms with van der Waals surface area (Å²) < 4.78 is 5.15. The molecule has 1 aromatic rings. The number of likely N-dealkylation sites (tertiary alicyclic amines) is 1. The number of nitrogens with zero attached hydrogens (tertiary/aromatic N) is 1. The van der Waals surface area contributed by atoms with Crippen molar-refractivity contribution in [3.8, 4) is 5.75 Å². The first-order valence-electron chi connectivity index (χ1n) is 9.93. The molecule has 2 unspecified atom stereocenters. The summed E-state index contributed by atoms with van der Waals surface area (Å²) >= 11 is 0. The lowest BCUT2D eigenvalue weighted by atomic mass is 9.80. The lowest BCUT2D eigenvalue weighted by Crippen LogP contribution is -2.48. The Bertz CT molecular complexity index is 634. The largest absolute Gasteiger partial charge is 0.497 e. The van der Waals surface area contributed by atoms with Gasteiger partial charge in [0, 0.05) is 31.5 Å². The van der Waals surface area contributed by atoms with Gasteiger partial charge in [0.1, 0.15) is 5.75 Å². The number of carbonyl (C=O) groups excluding carboxylic acids is 2. The molecule has 0 bridgehead atoms. The van der Waals surface area contributed by atoms with Gasteiger partial charge in [0.2, 0.25) is 11.8 Å². The van der Waals surface area contributed by atoms with Crippen molar-refractivity contribution in [2.45, 2.75) is 53.5 Å². The van der Waals surface area contributed by atoms with Crippen molar-refractivity contribution < 1.29 is 14.3 Å². The first-order valence-corrected chi connectivity index (χ1v) is 9.93. The fraction of sp³-hybridized carbons (Fsp3) is 0.636. The maximum absolute atomic E-state index is 12.6. The quantitative estimate of drug-likeness (QED) is 0.827. The molecule has 0 aliphatic carbocycles. The van der Waals surface area contributed by atoms with Crippen LogP contribution in [0.3, 0.4) is 0 Å². The third-order valence-electron chi connectivity index (χ3n) is 5.44. The number of piperidine rings is 1. The molecule has 1 aromatic carbocycles. The number of methoxy groups -OCH3 is 1. The van der Waals surface area contributed by atoms with Crippen LogP contribution < -0.4 is 10.1 Å². The molecule has 0 spiro atoms. The van der Waals surface area contributed by atoms with E-state index in [-0.39, 0.29) is 17.2 Å². The molecule has 0 aromatic heterocycles. The van der Waals surface area contributed by atoms with Crippen LogP contribution in [0.5, 0.6) is 5.75 Å². The molecule has 150 valence electrons. The van der Waals surface area contributed by atoms with Gasteiger partial charge in [-0.15, -0.1) is 0 Å². The van der Waals surface area contributed by atoms with E-state index in [4.69, 9.17) is 4.74 Å². The van der Waals surface area contributed by atoms with Crippen molar-refractivity contribution in [1.29, 1.82) is 0 Å². The molecule has 2 rings (SSSR count). The van der Waals surface area contributed by atoms with Crippen LogP contribution in [0.1, 0.15) is 52.5 Å². The van der Waals surface area contributed by atoms with Crippen LogP contribution in [0.15, 0.2) is 24.3 Å². The first kappa shape index (κ1) is 21.3. The van der Waals surface area contributed by atoms with Crippen molar-refractivity contribution >= 4 is 11.8 Å². The molecular formula is C22H34N2O3. The number of benzene rings is 1. The van der Waals surface area contributed by atoms with E-state index in [0.29, 0.717) is 24.8 Å². The summed E-state index contributed by atoms with van der Waals surface area (Å²) in [5.74, 6) is 1.84. The molecule has 1 heterocycles. The lowest BCUT2D eigenvalue weighted by Gasteiger charge is -2.40. The predicted octanol–water partition coefficient (Wildman–Crippen LogP) is 3.62. The second-order valence-electron chi connectivity index (χ2n) is 8.55. The summed E-state index contributed by atoms with van der Waals surface area (Å²) in [5.41, 5.74) is 0.711. The van der Waals surface area contributed by atoms with Crippen molar-refractivity contribution in [1.82, 2.24) is 10.2 Å². The van der Waals surface area contributed by atoms with Crippen molar-refractivity contribution in [2.24, 2.45) is 17.3 Å². The third kappa shape index (κ3) is 5.98. The van der Waals surface area contributed by atoms with Gasteiger partial charge in [0.05, 0.1) is 7.11 Å². The molecule has 0 saturated carbocycles. The van der Waals surface area contributed by atoms with Gasteiger partial charge in [0.15, 0.2) is 0 Å². The number of hydrogen-bond acceptors (Lipinski definition) is 3. The minimum Gasteiger partial charge on any atom is -0.497 e. The van der Waals surface area contributed by atoms with E-state index in [1.165, 1.54) is 0 Å². The highest BCUT2D eigenvalue weighted by molar-refractivity contribution is 5.81. The summed E-state index contributed by atoms with van der Waals surface area (Å²) in [6, 6.07) is 7.72. The minimum atomic E-state index is -0.346. The second kappa shape index (κ2) is 9.25. The number of carbonyl (C=O) groups is 2. The Labute approximate surface area is 163 Å². The van der Waals surface area contributed by atoms with E-state index >= 15 is 0 Å². The van der Waals surface area contributed by atoms with Crippen molar-refractivity contribution in [2.75, 3.05) is 20.2 Å². The van der Waals surface area contributed by atoms with E-state index < -0.39 is 0 Å². The second-order valence-corrected chi connectivity index (χ2v) is 8.55. The maximum atomic E-state index is 12.6. The minimum absolute atomic E-state index is 0.0878. The topological polar surface area (TPSA) is 58.6 Å². The molecule has 5 heteroatoms. The predicted molar refractivity (Wildman–Crippen MR) is 107 cm³/mol.